The van der Waals surface area contributed by atoms with E-state index in [0.29, 0.717) is 18.7 Å². The van der Waals surface area contributed by atoms with Crippen LogP contribution in [-0.4, -0.2) is 44.8 Å². The number of para-hydroxylation sites is 1. The van der Waals surface area contributed by atoms with Crippen LogP contribution in [0.15, 0.2) is 47.3 Å². The SMILES string of the molecule is CCCN(CC(=O)O)C(=O)c1ccc(=O)n(-c2ccccc2)n1. The lowest BCUT2D eigenvalue weighted by Gasteiger charge is -2.19. The predicted molar refractivity (Wildman–Crippen MR) is 83.7 cm³/mol. The quantitative estimate of drug-likeness (QED) is 0.864. The Morgan fingerprint density at radius 3 is 2.48 bits per heavy atom. The molecule has 1 amide bonds. The molecule has 23 heavy (non-hydrogen) atoms. The van der Waals surface area contributed by atoms with E-state index < -0.39 is 18.4 Å². The van der Waals surface area contributed by atoms with Crippen molar-refractivity contribution in [2.75, 3.05) is 13.1 Å². The second-order valence-corrected chi connectivity index (χ2v) is 4.92. The van der Waals surface area contributed by atoms with Crippen LogP contribution in [0.3, 0.4) is 0 Å². The van der Waals surface area contributed by atoms with Gasteiger partial charge >= 0.3 is 5.97 Å². The fraction of sp³-hybridized carbons (Fsp3) is 0.250. The Kier molecular flexibility index (Phi) is 5.24. The van der Waals surface area contributed by atoms with E-state index in [1.54, 1.807) is 30.3 Å². The molecule has 0 fully saturated rings. The summed E-state index contributed by atoms with van der Waals surface area (Å²) in [6, 6.07) is 11.3. The molecular weight excluding hydrogens is 298 g/mol. The third-order valence-electron chi connectivity index (χ3n) is 3.13. The largest absolute Gasteiger partial charge is 0.480 e. The van der Waals surface area contributed by atoms with Gasteiger partial charge in [0, 0.05) is 12.6 Å². The van der Waals surface area contributed by atoms with Gasteiger partial charge in [-0.3, -0.25) is 14.4 Å². The molecule has 0 bridgehead atoms. The molecular formula is C16H17N3O4. The predicted octanol–water partition coefficient (Wildman–Crippen LogP) is 1.17. The van der Waals surface area contributed by atoms with Gasteiger partial charge in [-0.25, -0.2) is 0 Å². The number of rotatable bonds is 6. The molecule has 7 heteroatoms. The molecule has 7 nitrogen and oxygen atoms in total. The van der Waals surface area contributed by atoms with E-state index in [0.717, 1.165) is 4.68 Å². The third-order valence-corrected chi connectivity index (χ3v) is 3.13. The molecule has 1 aromatic heterocycles. The Labute approximate surface area is 132 Å². The highest BCUT2D eigenvalue weighted by atomic mass is 16.4. The first-order valence-corrected chi connectivity index (χ1v) is 7.19. The fourth-order valence-electron chi connectivity index (χ4n) is 2.13. The molecule has 0 aliphatic heterocycles. The average Bonchev–Trinajstić information content (AvgIpc) is 2.54. The van der Waals surface area contributed by atoms with Gasteiger partial charge in [-0.1, -0.05) is 25.1 Å². The van der Waals surface area contributed by atoms with Gasteiger partial charge in [0.05, 0.1) is 5.69 Å². The molecule has 0 atom stereocenters. The minimum atomic E-state index is -1.09. The van der Waals surface area contributed by atoms with Crippen molar-refractivity contribution in [3.05, 3.63) is 58.5 Å². The number of carbonyl (C=O) groups excluding carboxylic acids is 1. The first kappa shape index (κ1) is 16.4. The van der Waals surface area contributed by atoms with Gasteiger partial charge in [0.1, 0.15) is 12.2 Å². The van der Waals surface area contributed by atoms with E-state index in [4.69, 9.17) is 5.11 Å². The van der Waals surface area contributed by atoms with Gasteiger partial charge in [0.2, 0.25) is 0 Å². The standard InChI is InChI=1S/C16H17N3O4/c1-2-10-18(11-15(21)22)16(23)13-8-9-14(20)19(17-13)12-6-4-3-5-7-12/h3-9H,2,10-11H2,1H3,(H,21,22). The van der Waals surface area contributed by atoms with Crippen molar-refractivity contribution in [3.63, 3.8) is 0 Å². The van der Waals surface area contributed by atoms with Gasteiger partial charge in [-0.05, 0) is 24.6 Å². The van der Waals surface area contributed by atoms with Gasteiger partial charge in [-0.15, -0.1) is 0 Å². The van der Waals surface area contributed by atoms with Gasteiger partial charge in [-0.2, -0.15) is 9.78 Å². The highest BCUT2D eigenvalue weighted by Crippen LogP contribution is 2.05. The summed E-state index contributed by atoms with van der Waals surface area (Å²) >= 11 is 0. The Balaban J connectivity index is 2.38. The molecule has 0 aliphatic rings. The number of amides is 1. The zero-order valence-electron chi connectivity index (χ0n) is 12.7. The maximum atomic E-state index is 12.4. The summed E-state index contributed by atoms with van der Waals surface area (Å²) in [4.78, 5) is 36.5. The van der Waals surface area contributed by atoms with Crippen molar-refractivity contribution in [1.82, 2.24) is 14.7 Å². The maximum absolute atomic E-state index is 12.4. The molecule has 0 radical (unpaired) electrons. The second kappa shape index (κ2) is 7.35. The lowest BCUT2D eigenvalue weighted by atomic mass is 10.3. The number of nitrogens with zero attached hydrogens (tertiary/aromatic N) is 3. The Morgan fingerprint density at radius 2 is 1.87 bits per heavy atom. The van der Waals surface area contributed by atoms with Crippen LogP contribution in [0.2, 0.25) is 0 Å². The van der Waals surface area contributed by atoms with Crippen molar-refractivity contribution >= 4 is 11.9 Å². The summed E-state index contributed by atoms with van der Waals surface area (Å²) in [6.07, 6.45) is 0.622. The molecule has 2 rings (SSSR count). The van der Waals surface area contributed by atoms with Crippen LogP contribution >= 0.6 is 0 Å². The molecule has 0 unspecified atom stereocenters. The molecule has 2 aromatic rings. The Morgan fingerprint density at radius 1 is 1.17 bits per heavy atom. The van der Waals surface area contributed by atoms with Crippen LogP contribution in [0, 0.1) is 0 Å². The minimum Gasteiger partial charge on any atom is -0.480 e. The van der Waals surface area contributed by atoms with E-state index in [1.807, 2.05) is 6.92 Å². The second-order valence-electron chi connectivity index (χ2n) is 4.92. The topological polar surface area (TPSA) is 92.5 Å². The summed E-state index contributed by atoms with van der Waals surface area (Å²) < 4.78 is 1.12. The summed E-state index contributed by atoms with van der Waals surface area (Å²) in [6.45, 7) is 1.75. The fourth-order valence-corrected chi connectivity index (χ4v) is 2.13. The number of carboxylic acids is 1. The zero-order chi connectivity index (χ0) is 16.8. The first-order valence-electron chi connectivity index (χ1n) is 7.19. The van der Waals surface area contributed by atoms with Crippen LogP contribution in [-0.2, 0) is 4.79 Å². The number of aromatic nitrogens is 2. The molecule has 120 valence electrons. The molecule has 0 saturated heterocycles. The summed E-state index contributed by atoms with van der Waals surface area (Å²) in [7, 11) is 0. The first-order chi connectivity index (χ1) is 11.0. The summed E-state index contributed by atoms with van der Waals surface area (Å²) in [5.74, 6) is -1.61. The molecule has 0 aliphatic carbocycles. The van der Waals surface area contributed by atoms with Crippen LogP contribution in [0.4, 0.5) is 0 Å². The van der Waals surface area contributed by atoms with Crippen LogP contribution < -0.4 is 5.56 Å². The molecule has 1 aromatic carbocycles. The summed E-state index contributed by atoms with van der Waals surface area (Å²) in [5.41, 5.74) is 0.198. The normalized spacial score (nSPS) is 10.3. The van der Waals surface area contributed by atoms with E-state index >= 15 is 0 Å². The molecule has 1 heterocycles. The lowest BCUT2D eigenvalue weighted by Crippen LogP contribution is -2.37. The highest BCUT2D eigenvalue weighted by Gasteiger charge is 2.20. The van der Waals surface area contributed by atoms with Crippen LogP contribution in [0.25, 0.3) is 5.69 Å². The minimum absolute atomic E-state index is 0.0307. The smallest absolute Gasteiger partial charge is 0.323 e. The van der Waals surface area contributed by atoms with E-state index in [-0.39, 0.29) is 11.3 Å². The Hall–Kier alpha value is -2.96. The lowest BCUT2D eigenvalue weighted by molar-refractivity contribution is -0.137. The van der Waals surface area contributed by atoms with Crippen LogP contribution in [0.5, 0.6) is 0 Å². The van der Waals surface area contributed by atoms with Crippen molar-refractivity contribution in [2.45, 2.75) is 13.3 Å². The van der Waals surface area contributed by atoms with E-state index in [2.05, 4.69) is 5.10 Å². The van der Waals surface area contributed by atoms with Gasteiger partial charge in [0.15, 0.2) is 0 Å². The number of hydrogen-bond acceptors (Lipinski definition) is 4. The van der Waals surface area contributed by atoms with Crippen molar-refractivity contribution in [2.24, 2.45) is 0 Å². The number of aliphatic carboxylic acids is 1. The number of hydrogen-bond donors (Lipinski definition) is 1. The third kappa shape index (κ3) is 4.03. The van der Waals surface area contributed by atoms with Crippen molar-refractivity contribution in [1.29, 1.82) is 0 Å². The zero-order valence-corrected chi connectivity index (χ0v) is 12.7. The monoisotopic (exact) mass is 315 g/mol. The van der Waals surface area contributed by atoms with E-state index in [1.165, 1.54) is 17.0 Å². The number of carboxylic acid groups (broad SMARTS) is 1. The number of benzene rings is 1. The number of carbonyl (C=O) groups is 2. The van der Waals surface area contributed by atoms with Gasteiger partial charge in [0.25, 0.3) is 11.5 Å². The van der Waals surface area contributed by atoms with Crippen molar-refractivity contribution in [3.8, 4) is 5.69 Å². The molecule has 1 N–H and O–H groups in total. The Bertz CT molecular complexity index is 755. The molecule has 0 saturated carbocycles. The summed E-state index contributed by atoms with van der Waals surface area (Å²) in [5, 5.41) is 13.0. The van der Waals surface area contributed by atoms with Gasteiger partial charge < -0.3 is 10.0 Å². The van der Waals surface area contributed by atoms with E-state index in [9.17, 15) is 14.4 Å². The highest BCUT2D eigenvalue weighted by molar-refractivity contribution is 5.94. The maximum Gasteiger partial charge on any atom is 0.323 e. The average molecular weight is 315 g/mol. The van der Waals surface area contributed by atoms with Crippen LogP contribution in [0.1, 0.15) is 23.8 Å². The van der Waals surface area contributed by atoms with Crippen molar-refractivity contribution < 1.29 is 14.7 Å². The molecule has 0 spiro atoms.